The zero-order valence-electron chi connectivity index (χ0n) is 12.8. The normalized spacial score (nSPS) is 21.3. The lowest BCUT2D eigenvalue weighted by Crippen LogP contribution is -2.30. The molecular weight excluding hydrogens is 276 g/mol. The Bertz CT molecular complexity index is 685. The van der Waals surface area contributed by atoms with E-state index >= 15 is 0 Å². The van der Waals surface area contributed by atoms with Gasteiger partial charge in [0.25, 0.3) is 5.91 Å². The second kappa shape index (κ2) is 5.27. The van der Waals surface area contributed by atoms with Crippen molar-refractivity contribution < 1.29 is 9.32 Å². The molecule has 0 spiro atoms. The topological polar surface area (TPSA) is 46.3 Å². The summed E-state index contributed by atoms with van der Waals surface area (Å²) in [5, 5.41) is 4.00. The van der Waals surface area contributed by atoms with E-state index in [-0.39, 0.29) is 11.9 Å². The number of nitrogens with zero attached hydrogens (tertiary/aromatic N) is 2. The van der Waals surface area contributed by atoms with Gasteiger partial charge in [-0.2, -0.15) is 0 Å². The highest BCUT2D eigenvalue weighted by atomic mass is 16.5. The number of hydrogen-bond acceptors (Lipinski definition) is 3. The minimum Gasteiger partial charge on any atom is -0.360 e. The minimum absolute atomic E-state index is 0.00118. The molecule has 0 radical (unpaired) electrons. The average molecular weight is 296 g/mol. The van der Waals surface area contributed by atoms with Crippen LogP contribution in [0.5, 0.6) is 0 Å². The van der Waals surface area contributed by atoms with Crippen molar-refractivity contribution in [2.45, 2.75) is 44.6 Å². The van der Waals surface area contributed by atoms with Gasteiger partial charge in [0.05, 0.1) is 6.04 Å². The van der Waals surface area contributed by atoms with Crippen LogP contribution in [0.15, 0.2) is 34.9 Å². The molecule has 1 saturated carbocycles. The molecule has 2 fully saturated rings. The fourth-order valence-electron chi connectivity index (χ4n) is 3.24. The first kappa shape index (κ1) is 13.6. The number of likely N-dealkylation sites (tertiary alicyclic amines) is 1. The summed E-state index contributed by atoms with van der Waals surface area (Å²) in [5.41, 5.74) is 2.91. The molecule has 1 saturated heterocycles. The van der Waals surface area contributed by atoms with Crippen molar-refractivity contribution in [1.29, 1.82) is 0 Å². The van der Waals surface area contributed by atoms with Crippen LogP contribution in [0.2, 0.25) is 0 Å². The van der Waals surface area contributed by atoms with Crippen molar-refractivity contribution in [2.24, 2.45) is 0 Å². The van der Waals surface area contributed by atoms with E-state index in [9.17, 15) is 4.79 Å². The Labute approximate surface area is 130 Å². The maximum Gasteiger partial charge on any atom is 0.276 e. The molecular formula is C18H20N2O2. The van der Waals surface area contributed by atoms with Gasteiger partial charge >= 0.3 is 0 Å². The quantitative estimate of drug-likeness (QED) is 0.864. The number of hydrogen-bond donors (Lipinski definition) is 0. The molecule has 2 aromatic rings. The first-order chi connectivity index (χ1) is 10.7. The second-order valence-electron chi connectivity index (χ2n) is 6.46. The van der Waals surface area contributed by atoms with Gasteiger partial charge in [0.1, 0.15) is 5.76 Å². The summed E-state index contributed by atoms with van der Waals surface area (Å²) >= 11 is 0. The smallest absolute Gasteiger partial charge is 0.276 e. The molecule has 4 rings (SSSR count). The molecule has 1 aliphatic carbocycles. The Morgan fingerprint density at radius 2 is 2.00 bits per heavy atom. The first-order valence-corrected chi connectivity index (χ1v) is 8.06. The molecule has 0 bridgehead atoms. The van der Waals surface area contributed by atoms with Gasteiger partial charge in [0.2, 0.25) is 0 Å². The highest BCUT2D eigenvalue weighted by Gasteiger charge is 2.34. The van der Waals surface area contributed by atoms with E-state index in [1.165, 1.54) is 11.1 Å². The molecule has 1 aliphatic heterocycles. The van der Waals surface area contributed by atoms with Gasteiger partial charge in [0, 0.05) is 18.5 Å². The van der Waals surface area contributed by atoms with Crippen LogP contribution in [-0.4, -0.2) is 22.5 Å². The summed E-state index contributed by atoms with van der Waals surface area (Å²) in [6, 6.07) is 10.5. The molecule has 4 heteroatoms. The summed E-state index contributed by atoms with van der Waals surface area (Å²) in [6.45, 7) is 2.87. The molecule has 1 atom stereocenters. The first-order valence-electron chi connectivity index (χ1n) is 8.06. The van der Waals surface area contributed by atoms with Crippen molar-refractivity contribution >= 4 is 5.91 Å². The van der Waals surface area contributed by atoms with Crippen LogP contribution in [0.4, 0.5) is 0 Å². The molecule has 1 unspecified atom stereocenters. The summed E-state index contributed by atoms with van der Waals surface area (Å²) in [7, 11) is 0. The van der Waals surface area contributed by atoms with Crippen LogP contribution in [0.1, 0.15) is 65.0 Å². The molecule has 4 nitrogen and oxygen atoms in total. The van der Waals surface area contributed by atoms with Gasteiger partial charge in [-0.05, 0) is 38.2 Å². The van der Waals surface area contributed by atoms with Crippen LogP contribution in [-0.2, 0) is 0 Å². The molecule has 114 valence electrons. The standard InChI is InChI=1S/C18H20N2O2/c1-12-4-6-13(7-5-12)16-3-2-10-20(16)18(21)15-11-17(22-19-15)14-8-9-14/h4-7,11,14,16H,2-3,8-10H2,1H3. The van der Waals surface area contributed by atoms with E-state index in [2.05, 4.69) is 36.3 Å². The van der Waals surface area contributed by atoms with Gasteiger partial charge in [0.15, 0.2) is 5.69 Å². The van der Waals surface area contributed by atoms with Crippen LogP contribution >= 0.6 is 0 Å². The van der Waals surface area contributed by atoms with E-state index in [4.69, 9.17) is 4.52 Å². The molecule has 2 heterocycles. The van der Waals surface area contributed by atoms with Crippen LogP contribution in [0.25, 0.3) is 0 Å². The lowest BCUT2D eigenvalue weighted by Gasteiger charge is -2.24. The van der Waals surface area contributed by atoms with Crippen LogP contribution in [0, 0.1) is 6.92 Å². The Kier molecular flexibility index (Phi) is 3.25. The molecule has 0 N–H and O–H groups in total. The molecule has 1 amide bonds. The van der Waals surface area contributed by atoms with Crippen molar-refractivity contribution in [3.05, 3.63) is 52.9 Å². The van der Waals surface area contributed by atoms with Crippen molar-refractivity contribution in [3.63, 3.8) is 0 Å². The molecule has 1 aromatic carbocycles. The van der Waals surface area contributed by atoms with Crippen LogP contribution in [0.3, 0.4) is 0 Å². The van der Waals surface area contributed by atoms with Crippen molar-refractivity contribution in [3.8, 4) is 0 Å². The maximum absolute atomic E-state index is 12.8. The van der Waals surface area contributed by atoms with Crippen molar-refractivity contribution in [1.82, 2.24) is 10.1 Å². The fourth-order valence-corrected chi connectivity index (χ4v) is 3.24. The third-order valence-corrected chi connectivity index (χ3v) is 4.70. The highest BCUT2D eigenvalue weighted by molar-refractivity contribution is 5.92. The number of benzene rings is 1. The second-order valence-corrected chi connectivity index (χ2v) is 6.46. The van der Waals surface area contributed by atoms with Gasteiger partial charge in [-0.1, -0.05) is 35.0 Å². The maximum atomic E-state index is 12.8. The lowest BCUT2D eigenvalue weighted by atomic mass is 10.0. The Hall–Kier alpha value is -2.10. The number of aromatic nitrogens is 1. The summed E-state index contributed by atoms with van der Waals surface area (Å²) in [6.07, 6.45) is 4.36. The van der Waals surface area contributed by atoms with E-state index < -0.39 is 0 Å². The SMILES string of the molecule is Cc1ccc(C2CCCN2C(=O)c2cc(C3CC3)on2)cc1. The van der Waals surface area contributed by atoms with Gasteiger partial charge < -0.3 is 9.42 Å². The number of carbonyl (C=O) groups is 1. The number of amides is 1. The summed E-state index contributed by atoms with van der Waals surface area (Å²) in [5.74, 6) is 1.36. The number of carbonyl (C=O) groups excluding carboxylic acids is 1. The van der Waals surface area contributed by atoms with E-state index in [0.717, 1.165) is 38.0 Å². The van der Waals surface area contributed by atoms with E-state index in [1.54, 1.807) is 0 Å². The van der Waals surface area contributed by atoms with E-state index in [1.807, 2.05) is 11.0 Å². The minimum atomic E-state index is -0.00118. The lowest BCUT2D eigenvalue weighted by molar-refractivity contribution is 0.0725. The molecule has 1 aromatic heterocycles. The third kappa shape index (κ3) is 2.43. The van der Waals surface area contributed by atoms with E-state index in [0.29, 0.717) is 11.6 Å². The molecule has 22 heavy (non-hydrogen) atoms. The zero-order valence-corrected chi connectivity index (χ0v) is 12.8. The number of rotatable bonds is 3. The van der Waals surface area contributed by atoms with Gasteiger partial charge in [-0.25, -0.2) is 0 Å². The Morgan fingerprint density at radius 3 is 2.73 bits per heavy atom. The Morgan fingerprint density at radius 1 is 1.23 bits per heavy atom. The Balaban J connectivity index is 1.56. The molecule has 2 aliphatic rings. The summed E-state index contributed by atoms with van der Waals surface area (Å²) in [4.78, 5) is 14.7. The predicted octanol–water partition coefficient (Wildman–Crippen LogP) is 3.84. The van der Waals surface area contributed by atoms with Crippen LogP contribution < -0.4 is 0 Å². The zero-order chi connectivity index (χ0) is 15.1. The van der Waals surface area contributed by atoms with Gasteiger partial charge in [-0.3, -0.25) is 4.79 Å². The fraction of sp³-hybridized carbons (Fsp3) is 0.444. The monoisotopic (exact) mass is 296 g/mol. The summed E-state index contributed by atoms with van der Waals surface area (Å²) < 4.78 is 5.33. The third-order valence-electron chi connectivity index (χ3n) is 4.70. The largest absolute Gasteiger partial charge is 0.360 e. The highest BCUT2D eigenvalue weighted by Crippen LogP contribution is 2.40. The van der Waals surface area contributed by atoms with Gasteiger partial charge in [-0.15, -0.1) is 0 Å². The van der Waals surface area contributed by atoms with Crippen molar-refractivity contribution in [2.75, 3.05) is 6.54 Å². The predicted molar refractivity (Wildman–Crippen MR) is 82.7 cm³/mol. The average Bonchev–Trinajstić information content (AvgIpc) is 3.08. The number of aryl methyl sites for hydroxylation is 1.